The van der Waals surface area contributed by atoms with Crippen molar-refractivity contribution in [3.8, 4) is 10.4 Å². The molecular weight excluding hydrogens is 460 g/mol. The Balaban J connectivity index is 1.28. The standard InChI is InChI=1S/C26H24N6O2S/c1-16(33)31(2)18-6-3-5-17(11-18)24-12-22-25(35-24)14-27-26(29-22)32-9-10-34-23(15-32)19-7-4-8-21-20(19)13-28-30-21/h3-8,11-14,23H,9-10,15H2,1-2H3,(H,28,30). The molecule has 0 aliphatic carbocycles. The number of aromatic nitrogens is 4. The number of carbonyl (C=O) groups is 1. The Kier molecular flexibility index (Phi) is 5.43. The molecule has 1 atom stereocenters. The molecule has 0 saturated carbocycles. The lowest BCUT2D eigenvalue weighted by Gasteiger charge is -2.33. The summed E-state index contributed by atoms with van der Waals surface area (Å²) in [5, 5.41) is 8.29. The van der Waals surface area contributed by atoms with Crippen LogP contribution in [0.3, 0.4) is 0 Å². The van der Waals surface area contributed by atoms with Crippen molar-refractivity contribution in [2.45, 2.75) is 13.0 Å². The highest BCUT2D eigenvalue weighted by Gasteiger charge is 2.26. The molecule has 1 fully saturated rings. The first-order chi connectivity index (χ1) is 17.1. The minimum Gasteiger partial charge on any atom is -0.370 e. The number of thiophene rings is 1. The fraction of sp³-hybridized carbons (Fsp3) is 0.231. The van der Waals surface area contributed by atoms with Gasteiger partial charge in [-0.05, 0) is 35.4 Å². The summed E-state index contributed by atoms with van der Waals surface area (Å²) >= 11 is 1.65. The van der Waals surface area contributed by atoms with Gasteiger partial charge < -0.3 is 14.5 Å². The maximum atomic E-state index is 11.8. The molecule has 2 aromatic carbocycles. The van der Waals surface area contributed by atoms with Gasteiger partial charge in [0.1, 0.15) is 6.10 Å². The van der Waals surface area contributed by atoms with Crippen LogP contribution in [0.4, 0.5) is 11.6 Å². The first-order valence-electron chi connectivity index (χ1n) is 11.5. The van der Waals surface area contributed by atoms with E-state index in [2.05, 4.69) is 38.3 Å². The van der Waals surface area contributed by atoms with Crippen LogP contribution in [-0.4, -0.2) is 52.8 Å². The second-order valence-electron chi connectivity index (χ2n) is 8.64. The van der Waals surface area contributed by atoms with E-state index in [9.17, 15) is 4.79 Å². The van der Waals surface area contributed by atoms with Gasteiger partial charge in [-0.2, -0.15) is 5.10 Å². The van der Waals surface area contributed by atoms with Gasteiger partial charge in [0.05, 0.1) is 41.3 Å². The van der Waals surface area contributed by atoms with Crippen LogP contribution in [0.5, 0.6) is 0 Å². The number of benzene rings is 2. The maximum absolute atomic E-state index is 11.8. The molecule has 0 spiro atoms. The number of ether oxygens (including phenoxy) is 1. The van der Waals surface area contributed by atoms with E-state index >= 15 is 0 Å². The van der Waals surface area contributed by atoms with Crippen molar-refractivity contribution < 1.29 is 9.53 Å². The van der Waals surface area contributed by atoms with E-state index in [1.807, 2.05) is 42.7 Å². The van der Waals surface area contributed by atoms with E-state index in [0.29, 0.717) is 19.1 Å². The zero-order valence-electron chi connectivity index (χ0n) is 19.4. The molecule has 6 rings (SSSR count). The minimum absolute atomic E-state index is 0.00169. The maximum Gasteiger partial charge on any atom is 0.226 e. The number of hydrogen-bond acceptors (Lipinski definition) is 7. The highest BCUT2D eigenvalue weighted by Crippen LogP contribution is 2.35. The van der Waals surface area contributed by atoms with Crippen molar-refractivity contribution in [3.63, 3.8) is 0 Å². The summed E-state index contributed by atoms with van der Waals surface area (Å²) in [5.74, 6) is 0.710. The molecule has 1 unspecified atom stereocenters. The second kappa shape index (κ2) is 8.75. The van der Waals surface area contributed by atoms with E-state index in [1.165, 1.54) is 0 Å². The Bertz CT molecular complexity index is 1540. The lowest BCUT2D eigenvalue weighted by atomic mass is 10.0. The number of nitrogens with one attached hydrogen (secondary N) is 1. The number of carbonyl (C=O) groups excluding carboxylic acids is 1. The third kappa shape index (κ3) is 4.02. The number of fused-ring (bicyclic) bond motifs is 2. The monoisotopic (exact) mass is 484 g/mol. The minimum atomic E-state index is -0.0802. The Labute approximate surface area is 206 Å². The molecule has 4 heterocycles. The molecule has 1 aliphatic heterocycles. The molecule has 1 aliphatic rings. The molecule has 35 heavy (non-hydrogen) atoms. The Morgan fingerprint density at radius 2 is 2.09 bits per heavy atom. The Morgan fingerprint density at radius 3 is 2.97 bits per heavy atom. The lowest BCUT2D eigenvalue weighted by molar-refractivity contribution is -0.116. The predicted molar refractivity (Wildman–Crippen MR) is 139 cm³/mol. The molecule has 1 saturated heterocycles. The first-order valence-corrected chi connectivity index (χ1v) is 12.3. The van der Waals surface area contributed by atoms with Gasteiger partial charge in [0.25, 0.3) is 0 Å². The number of aromatic amines is 1. The van der Waals surface area contributed by atoms with Gasteiger partial charge in [0.2, 0.25) is 11.9 Å². The van der Waals surface area contributed by atoms with E-state index in [0.717, 1.165) is 49.4 Å². The zero-order valence-corrected chi connectivity index (χ0v) is 20.2. The third-order valence-corrected chi connectivity index (χ3v) is 7.57. The van der Waals surface area contributed by atoms with Crippen LogP contribution >= 0.6 is 11.3 Å². The number of amides is 1. The van der Waals surface area contributed by atoms with Crippen LogP contribution in [0.15, 0.2) is 60.9 Å². The van der Waals surface area contributed by atoms with Gasteiger partial charge in [-0.3, -0.25) is 9.89 Å². The largest absolute Gasteiger partial charge is 0.370 e. The zero-order chi connectivity index (χ0) is 23.9. The normalized spacial score (nSPS) is 16.2. The molecule has 9 heteroatoms. The Hall–Kier alpha value is -3.82. The fourth-order valence-electron chi connectivity index (χ4n) is 4.46. The van der Waals surface area contributed by atoms with E-state index < -0.39 is 0 Å². The Morgan fingerprint density at radius 1 is 1.20 bits per heavy atom. The van der Waals surface area contributed by atoms with Crippen LogP contribution < -0.4 is 9.80 Å². The van der Waals surface area contributed by atoms with Crippen molar-refractivity contribution >= 4 is 50.0 Å². The number of H-pyrrole nitrogens is 1. The van der Waals surface area contributed by atoms with E-state index in [4.69, 9.17) is 9.72 Å². The molecule has 0 radical (unpaired) electrons. The van der Waals surface area contributed by atoms with Crippen molar-refractivity contribution in [1.29, 1.82) is 0 Å². The molecule has 0 bridgehead atoms. The van der Waals surface area contributed by atoms with Gasteiger partial charge in [-0.1, -0.05) is 24.3 Å². The lowest BCUT2D eigenvalue weighted by Crippen LogP contribution is -2.39. The number of anilines is 2. The SMILES string of the molecule is CC(=O)N(C)c1cccc(-c2cc3nc(N4CCOC(c5cccc6[nH]ncc56)C4)ncc3s2)c1. The number of hydrogen-bond donors (Lipinski definition) is 1. The summed E-state index contributed by atoms with van der Waals surface area (Å²) < 4.78 is 7.15. The van der Waals surface area contributed by atoms with E-state index in [1.54, 1.807) is 30.2 Å². The molecule has 3 aromatic heterocycles. The summed E-state index contributed by atoms with van der Waals surface area (Å²) in [6.07, 6.45) is 3.67. The van der Waals surface area contributed by atoms with Crippen molar-refractivity contribution in [2.24, 2.45) is 0 Å². The van der Waals surface area contributed by atoms with Crippen molar-refractivity contribution in [1.82, 2.24) is 20.2 Å². The smallest absolute Gasteiger partial charge is 0.226 e. The predicted octanol–water partition coefficient (Wildman–Crippen LogP) is 4.80. The summed E-state index contributed by atoms with van der Waals surface area (Å²) in [7, 11) is 1.78. The number of morpholine rings is 1. The molecule has 5 aromatic rings. The molecular formula is C26H24N6O2S. The number of nitrogens with zero attached hydrogens (tertiary/aromatic N) is 5. The summed E-state index contributed by atoms with van der Waals surface area (Å²) in [6, 6.07) is 16.2. The van der Waals surface area contributed by atoms with Crippen LogP contribution in [0, 0.1) is 0 Å². The van der Waals surface area contributed by atoms with Crippen LogP contribution in [0.2, 0.25) is 0 Å². The second-order valence-corrected chi connectivity index (χ2v) is 9.73. The quantitative estimate of drug-likeness (QED) is 0.395. The third-order valence-electron chi connectivity index (χ3n) is 6.46. The average Bonchev–Trinajstić information content (AvgIpc) is 3.55. The molecule has 176 valence electrons. The van der Waals surface area contributed by atoms with Crippen LogP contribution in [0.25, 0.3) is 31.6 Å². The topological polar surface area (TPSA) is 87.2 Å². The van der Waals surface area contributed by atoms with Gasteiger partial charge >= 0.3 is 0 Å². The van der Waals surface area contributed by atoms with Crippen molar-refractivity contribution in [2.75, 3.05) is 36.5 Å². The molecule has 8 nitrogen and oxygen atoms in total. The van der Waals surface area contributed by atoms with Gasteiger partial charge in [0, 0.05) is 36.5 Å². The summed E-state index contributed by atoms with van der Waals surface area (Å²) in [6.45, 7) is 3.58. The highest BCUT2D eigenvalue weighted by molar-refractivity contribution is 7.22. The average molecular weight is 485 g/mol. The van der Waals surface area contributed by atoms with Gasteiger partial charge in [-0.15, -0.1) is 11.3 Å². The molecule has 1 amide bonds. The van der Waals surface area contributed by atoms with Gasteiger partial charge in [-0.25, -0.2) is 9.97 Å². The van der Waals surface area contributed by atoms with Gasteiger partial charge in [0.15, 0.2) is 0 Å². The van der Waals surface area contributed by atoms with Crippen molar-refractivity contribution in [3.05, 3.63) is 66.5 Å². The molecule has 1 N–H and O–H groups in total. The van der Waals surface area contributed by atoms with E-state index in [-0.39, 0.29) is 12.0 Å². The summed E-state index contributed by atoms with van der Waals surface area (Å²) in [5.41, 5.74) is 4.96. The first kappa shape index (κ1) is 21.7. The highest BCUT2D eigenvalue weighted by atomic mass is 32.1. The summed E-state index contributed by atoms with van der Waals surface area (Å²) in [4.78, 5) is 26.3. The van der Waals surface area contributed by atoms with Crippen LogP contribution in [0.1, 0.15) is 18.6 Å². The number of rotatable bonds is 4. The fourth-order valence-corrected chi connectivity index (χ4v) is 5.43. The van der Waals surface area contributed by atoms with Crippen LogP contribution in [-0.2, 0) is 9.53 Å².